The quantitative estimate of drug-likeness (QED) is 0.266. The zero-order chi connectivity index (χ0) is 30.0. The Hall–Kier alpha value is -3.74. The van der Waals surface area contributed by atoms with E-state index in [1.807, 2.05) is 0 Å². The molecule has 0 amide bonds. The van der Waals surface area contributed by atoms with Gasteiger partial charge in [-0.3, -0.25) is 0 Å². The Balaban J connectivity index is 0.000000252. The van der Waals surface area contributed by atoms with Gasteiger partial charge in [-0.15, -0.1) is 0 Å². The molecule has 0 atom stereocenters. The zero-order valence-corrected chi connectivity index (χ0v) is 22.2. The molecule has 0 saturated carbocycles. The minimum atomic E-state index is -4.54. The molecule has 0 radical (unpaired) electrons. The fourth-order valence-corrected chi connectivity index (χ4v) is 5.96. The maximum Gasteiger partial charge on any atom is 0.416 e. The van der Waals surface area contributed by atoms with Gasteiger partial charge < -0.3 is 15.9 Å². The van der Waals surface area contributed by atoms with E-state index in [2.05, 4.69) is 15.1 Å². The summed E-state index contributed by atoms with van der Waals surface area (Å²) in [5.74, 6) is -1.41. The molecule has 0 aliphatic heterocycles. The molecule has 18 heteroatoms. The van der Waals surface area contributed by atoms with Crippen LogP contribution >= 0.6 is 11.3 Å². The van der Waals surface area contributed by atoms with Crippen molar-refractivity contribution in [2.45, 2.75) is 23.7 Å². The first-order valence-electron chi connectivity index (χ1n) is 11.0. The Bertz CT molecular complexity index is 1620. The zero-order valence-electron chi connectivity index (χ0n) is 20.6. The number of anilines is 1. The van der Waals surface area contributed by atoms with Crippen LogP contribution in [0.1, 0.15) is 33.7 Å². The molecule has 0 aliphatic rings. The lowest BCUT2D eigenvalue weighted by atomic mass is 10.1. The Morgan fingerprint density at radius 2 is 1.82 bits per heavy atom. The highest BCUT2D eigenvalue weighted by Gasteiger charge is 2.30. The number of aryl methyl sites for hydroxylation is 1. The van der Waals surface area contributed by atoms with E-state index in [1.54, 1.807) is 6.92 Å². The van der Waals surface area contributed by atoms with Crippen LogP contribution in [0.15, 0.2) is 40.7 Å². The number of nitrogens with zero attached hydrogens (tertiary/aromatic N) is 5. The summed E-state index contributed by atoms with van der Waals surface area (Å²) in [4.78, 5) is 19.0. The number of aliphatic hydroxyl groups is 1. The largest absolute Gasteiger partial charge is 0.477 e. The molecule has 3 heterocycles. The van der Waals surface area contributed by atoms with Crippen LogP contribution in [0.2, 0.25) is 0 Å². The van der Waals surface area contributed by atoms with E-state index >= 15 is 0 Å². The normalized spacial score (nSPS) is 12.2. The monoisotopic (exact) mass is 608 g/mol. The minimum Gasteiger partial charge on any atom is -0.477 e. The van der Waals surface area contributed by atoms with Crippen LogP contribution in [0.25, 0.3) is 16.9 Å². The van der Waals surface area contributed by atoms with Crippen LogP contribution in [-0.4, -0.2) is 68.7 Å². The summed E-state index contributed by atoms with van der Waals surface area (Å²) in [7, 11) is -2.16. The molecule has 40 heavy (non-hydrogen) atoms. The highest BCUT2D eigenvalue weighted by atomic mass is 32.2. The van der Waals surface area contributed by atoms with Crippen molar-refractivity contribution in [2.75, 3.05) is 25.9 Å². The van der Waals surface area contributed by atoms with Crippen molar-refractivity contribution in [3.05, 3.63) is 59.0 Å². The third-order valence-corrected chi connectivity index (χ3v) is 8.72. The number of hydrogen-bond acceptors (Lipinski definition) is 9. The minimum absolute atomic E-state index is 0.0551. The van der Waals surface area contributed by atoms with Gasteiger partial charge in [-0.25, -0.2) is 36.5 Å². The lowest BCUT2D eigenvalue weighted by Crippen LogP contribution is -2.29. The number of sulfonamides is 1. The molecule has 1 aromatic carbocycles. The van der Waals surface area contributed by atoms with Gasteiger partial charge in [-0.2, -0.15) is 22.6 Å². The number of carbonyl (C=O) groups is 1. The molecule has 4 aromatic rings. The average molecular weight is 609 g/mol. The summed E-state index contributed by atoms with van der Waals surface area (Å²) < 4.78 is 90.0. The van der Waals surface area contributed by atoms with Crippen LogP contribution in [-0.2, 0) is 16.2 Å². The molecule has 4 rings (SSSR count). The maximum atomic E-state index is 13.2. The van der Waals surface area contributed by atoms with E-state index in [-0.39, 0.29) is 39.4 Å². The second-order valence-corrected chi connectivity index (χ2v) is 11.3. The SMILES string of the molecule is Cc1nc(N)sc1S(=O)(=O)N(C)CCO.O=C(O)c1cnn2c(C(F)F)cc(-c3ccc(C(F)(F)F)cc3)nc12. The number of rotatable bonds is 7. The van der Waals surface area contributed by atoms with E-state index in [0.29, 0.717) is 10.2 Å². The number of alkyl halides is 5. The Kier molecular flexibility index (Phi) is 9.07. The van der Waals surface area contributed by atoms with Gasteiger partial charge in [-0.05, 0) is 25.1 Å². The van der Waals surface area contributed by atoms with Gasteiger partial charge in [0.05, 0.1) is 29.8 Å². The van der Waals surface area contributed by atoms with Gasteiger partial charge in [0.25, 0.3) is 16.4 Å². The van der Waals surface area contributed by atoms with Crippen LogP contribution in [0.4, 0.5) is 27.1 Å². The third-order valence-electron chi connectivity index (χ3n) is 5.29. The van der Waals surface area contributed by atoms with E-state index in [0.717, 1.165) is 52.2 Å². The number of aromatic nitrogens is 4. The highest BCUT2D eigenvalue weighted by Crippen LogP contribution is 2.32. The molecule has 11 nitrogen and oxygen atoms in total. The van der Waals surface area contributed by atoms with Gasteiger partial charge in [0, 0.05) is 19.2 Å². The second kappa shape index (κ2) is 11.8. The number of benzene rings is 1. The van der Waals surface area contributed by atoms with Crippen LogP contribution in [0.3, 0.4) is 0 Å². The topological polar surface area (TPSA) is 164 Å². The number of aliphatic hydroxyl groups excluding tert-OH is 1. The van der Waals surface area contributed by atoms with Gasteiger partial charge in [0.1, 0.15) is 11.3 Å². The van der Waals surface area contributed by atoms with Crippen LogP contribution in [0.5, 0.6) is 0 Å². The number of hydrogen-bond donors (Lipinski definition) is 3. The van der Waals surface area contributed by atoms with Gasteiger partial charge in [0.2, 0.25) is 0 Å². The predicted molar refractivity (Wildman–Crippen MR) is 134 cm³/mol. The number of aromatic carboxylic acids is 1. The van der Waals surface area contributed by atoms with Crippen molar-refractivity contribution in [1.29, 1.82) is 0 Å². The first-order valence-corrected chi connectivity index (χ1v) is 13.2. The van der Waals surface area contributed by atoms with Crippen LogP contribution < -0.4 is 5.73 Å². The van der Waals surface area contributed by atoms with Crippen molar-refractivity contribution in [2.24, 2.45) is 0 Å². The molecule has 0 spiro atoms. The highest BCUT2D eigenvalue weighted by molar-refractivity contribution is 7.91. The summed E-state index contributed by atoms with van der Waals surface area (Å²) in [5.41, 5.74) is 3.64. The summed E-state index contributed by atoms with van der Waals surface area (Å²) in [5, 5.41) is 21.6. The summed E-state index contributed by atoms with van der Waals surface area (Å²) >= 11 is 0.931. The molecule has 0 saturated heterocycles. The van der Waals surface area contributed by atoms with Crippen molar-refractivity contribution in [3.8, 4) is 11.3 Å². The van der Waals surface area contributed by atoms with Crippen molar-refractivity contribution >= 4 is 38.1 Å². The van der Waals surface area contributed by atoms with E-state index < -0.39 is 45.4 Å². The Labute approximate surface area is 227 Å². The maximum absolute atomic E-state index is 13.2. The number of fused-ring (bicyclic) bond motifs is 1. The van der Waals surface area contributed by atoms with Crippen molar-refractivity contribution in [3.63, 3.8) is 0 Å². The molecule has 0 aliphatic carbocycles. The van der Waals surface area contributed by atoms with E-state index in [9.17, 15) is 35.2 Å². The van der Waals surface area contributed by atoms with Gasteiger partial charge >= 0.3 is 12.1 Å². The van der Waals surface area contributed by atoms with Crippen molar-refractivity contribution in [1.82, 2.24) is 23.9 Å². The fourth-order valence-electron chi connectivity index (χ4n) is 3.31. The second-order valence-electron chi connectivity index (χ2n) is 8.02. The Morgan fingerprint density at radius 3 is 2.30 bits per heavy atom. The molecule has 4 N–H and O–H groups in total. The number of nitrogens with two attached hydrogens (primary N) is 1. The van der Waals surface area contributed by atoms with Gasteiger partial charge in [-0.1, -0.05) is 23.5 Å². The number of thiazole rings is 1. The van der Waals surface area contributed by atoms with E-state index in [4.69, 9.17) is 15.9 Å². The average Bonchev–Trinajstić information content (AvgIpc) is 3.46. The first-order chi connectivity index (χ1) is 18.6. The fraction of sp³-hybridized carbons (Fsp3) is 0.273. The van der Waals surface area contributed by atoms with Crippen LogP contribution in [0, 0.1) is 6.92 Å². The van der Waals surface area contributed by atoms with Gasteiger partial charge in [0.15, 0.2) is 15.0 Å². The molecular formula is C22H21F5N6O5S2. The smallest absolute Gasteiger partial charge is 0.416 e. The van der Waals surface area contributed by atoms with Crippen molar-refractivity contribution < 1.29 is 45.4 Å². The Morgan fingerprint density at radius 1 is 1.20 bits per heavy atom. The molecule has 216 valence electrons. The predicted octanol–water partition coefficient (Wildman–Crippen LogP) is 3.70. The third kappa shape index (κ3) is 6.52. The molecule has 0 fully saturated rings. The summed E-state index contributed by atoms with van der Waals surface area (Å²) in [6, 6.07) is 4.69. The standard InChI is InChI=1S/C15H8F5N3O2.C7H13N3O3S2/c16-12(17)11-5-10(7-1-3-8(4-2-7)15(18,19)20)22-13-9(14(24)25)6-21-23(11)13;1-5-6(14-7(8)9-5)15(12,13)10(2)3-4-11/h1-6,12H,(H,24,25);11H,3-4H2,1-2H3,(H2,8,9). The number of carboxylic acid groups (broad SMARTS) is 1. The number of carboxylic acids is 1. The number of halogens is 5. The lowest BCUT2D eigenvalue weighted by molar-refractivity contribution is -0.137. The molecule has 3 aromatic heterocycles. The first kappa shape index (κ1) is 30.8. The lowest BCUT2D eigenvalue weighted by Gasteiger charge is -2.14. The molecular weight excluding hydrogens is 587 g/mol. The van der Waals surface area contributed by atoms with E-state index in [1.165, 1.54) is 7.05 Å². The number of nitrogen functional groups attached to an aromatic ring is 1. The molecule has 0 unspecified atom stereocenters. The molecule has 0 bridgehead atoms. The number of likely N-dealkylation sites (N-methyl/N-ethyl adjacent to an activating group) is 1. The summed E-state index contributed by atoms with van der Waals surface area (Å²) in [6.45, 7) is 1.43. The summed E-state index contributed by atoms with van der Waals surface area (Å²) in [6.07, 6.45) is -6.64.